The van der Waals surface area contributed by atoms with Crippen LogP contribution in [0.5, 0.6) is 0 Å². The third-order valence-corrected chi connectivity index (χ3v) is 5.34. The molecule has 0 saturated carbocycles. The summed E-state index contributed by atoms with van der Waals surface area (Å²) in [4.78, 5) is 17.1. The van der Waals surface area contributed by atoms with E-state index in [1.807, 2.05) is 38.1 Å². The van der Waals surface area contributed by atoms with Gasteiger partial charge >= 0.3 is 0 Å². The van der Waals surface area contributed by atoms with Crippen LogP contribution in [0.3, 0.4) is 0 Å². The normalized spacial score (nSPS) is 17.7. The van der Waals surface area contributed by atoms with Crippen LogP contribution in [0, 0.1) is 6.92 Å². The quantitative estimate of drug-likeness (QED) is 0.210. The van der Waals surface area contributed by atoms with Crippen LogP contribution < -0.4 is 16.0 Å². The number of aryl methyl sites for hydroxylation is 1. The Hall–Kier alpha value is -2.11. The lowest BCUT2D eigenvalue weighted by molar-refractivity contribution is 0.0378. The fraction of sp³-hybridized carbons (Fsp3) is 0.500. The predicted molar refractivity (Wildman–Crippen MR) is 139 cm³/mol. The fourth-order valence-corrected chi connectivity index (χ4v) is 3.50. The van der Waals surface area contributed by atoms with Crippen LogP contribution in [-0.2, 0) is 16.9 Å². The second kappa shape index (κ2) is 13.0. The average Bonchev–Trinajstić information content (AvgIpc) is 3.46. The molecule has 1 fully saturated rings. The maximum Gasteiger partial charge on any atom is 0.251 e. The Kier molecular flexibility index (Phi) is 10.6. The Morgan fingerprint density at radius 2 is 2.06 bits per heavy atom. The molecule has 8 nitrogen and oxygen atoms in total. The van der Waals surface area contributed by atoms with Crippen LogP contribution >= 0.6 is 24.0 Å². The molecule has 2 heterocycles. The second-order valence-corrected chi connectivity index (χ2v) is 8.28. The molecule has 1 aliphatic rings. The number of furan rings is 1. The molecule has 1 saturated heterocycles. The molecule has 9 heteroatoms. The van der Waals surface area contributed by atoms with Gasteiger partial charge in [-0.25, -0.2) is 4.99 Å². The standard InChI is InChI=1S/C24H34N4O4.HI/c1-4-25-23(28-16-24(3,30)21-11-10-17(2)32-21)27-14-18-7-5-8-19(13-18)22(29)26-15-20-9-6-12-31-20;/h5,7-8,10-11,13,20,30H,4,6,9,12,14-16H2,1-3H3,(H,26,29)(H2,25,27,28);1H. The number of nitrogens with one attached hydrogen (secondary N) is 3. The molecule has 182 valence electrons. The van der Waals surface area contributed by atoms with Crippen molar-refractivity contribution in [3.8, 4) is 0 Å². The highest BCUT2D eigenvalue weighted by Gasteiger charge is 2.27. The van der Waals surface area contributed by atoms with Gasteiger partial charge in [0.15, 0.2) is 5.96 Å². The van der Waals surface area contributed by atoms with Crippen molar-refractivity contribution in [2.45, 2.75) is 51.9 Å². The van der Waals surface area contributed by atoms with E-state index >= 15 is 0 Å². The molecule has 1 aliphatic heterocycles. The first kappa shape index (κ1) is 27.1. The number of rotatable bonds is 9. The zero-order chi connectivity index (χ0) is 23.0. The Morgan fingerprint density at radius 3 is 2.73 bits per heavy atom. The molecule has 2 unspecified atom stereocenters. The van der Waals surface area contributed by atoms with Crippen LogP contribution in [0.25, 0.3) is 0 Å². The SMILES string of the molecule is CCNC(=NCc1cccc(C(=O)NCC2CCCO2)c1)NCC(C)(O)c1ccc(C)o1.I. The van der Waals surface area contributed by atoms with Crippen molar-refractivity contribution >= 4 is 35.8 Å². The van der Waals surface area contributed by atoms with Crippen molar-refractivity contribution in [2.75, 3.05) is 26.2 Å². The van der Waals surface area contributed by atoms with Crippen LogP contribution in [0.15, 0.2) is 45.8 Å². The number of nitrogens with zero attached hydrogens (tertiary/aromatic N) is 1. The summed E-state index contributed by atoms with van der Waals surface area (Å²) in [6.45, 7) is 8.12. The highest BCUT2D eigenvalue weighted by Crippen LogP contribution is 2.21. The van der Waals surface area contributed by atoms with Crippen molar-refractivity contribution < 1.29 is 19.1 Å². The average molecular weight is 570 g/mol. The molecule has 2 atom stereocenters. The number of carbonyl (C=O) groups excluding carboxylic acids is 1. The number of aliphatic hydroxyl groups is 1. The van der Waals surface area contributed by atoms with E-state index in [2.05, 4.69) is 20.9 Å². The minimum atomic E-state index is -1.18. The molecule has 0 bridgehead atoms. The van der Waals surface area contributed by atoms with E-state index in [9.17, 15) is 9.90 Å². The molecule has 0 aliphatic carbocycles. The summed E-state index contributed by atoms with van der Waals surface area (Å²) in [7, 11) is 0. The summed E-state index contributed by atoms with van der Waals surface area (Å²) in [6, 6.07) is 11.0. The van der Waals surface area contributed by atoms with E-state index in [1.54, 1.807) is 19.1 Å². The van der Waals surface area contributed by atoms with Crippen molar-refractivity contribution in [1.82, 2.24) is 16.0 Å². The van der Waals surface area contributed by atoms with Gasteiger partial charge in [-0.1, -0.05) is 12.1 Å². The summed E-state index contributed by atoms with van der Waals surface area (Å²) < 4.78 is 11.1. The largest absolute Gasteiger partial charge is 0.463 e. The molecule has 2 aromatic rings. The molecule has 1 amide bonds. The lowest BCUT2D eigenvalue weighted by Gasteiger charge is -2.22. The van der Waals surface area contributed by atoms with E-state index in [-0.39, 0.29) is 42.5 Å². The first-order valence-corrected chi connectivity index (χ1v) is 11.2. The van der Waals surface area contributed by atoms with Gasteiger partial charge in [0, 0.05) is 25.3 Å². The minimum Gasteiger partial charge on any atom is -0.463 e. The molecule has 3 rings (SSSR count). The van der Waals surface area contributed by atoms with E-state index < -0.39 is 5.60 Å². The summed E-state index contributed by atoms with van der Waals surface area (Å²) in [5, 5.41) is 20.0. The summed E-state index contributed by atoms with van der Waals surface area (Å²) in [6.07, 6.45) is 2.15. The summed E-state index contributed by atoms with van der Waals surface area (Å²) in [5.74, 6) is 1.71. The maximum absolute atomic E-state index is 12.5. The number of benzene rings is 1. The van der Waals surface area contributed by atoms with E-state index in [1.165, 1.54) is 0 Å². The van der Waals surface area contributed by atoms with Gasteiger partial charge in [-0.15, -0.1) is 24.0 Å². The van der Waals surface area contributed by atoms with Gasteiger partial charge in [-0.3, -0.25) is 4.79 Å². The van der Waals surface area contributed by atoms with Crippen LogP contribution in [0.1, 0.15) is 54.1 Å². The predicted octanol–water partition coefficient (Wildman–Crippen LogP) is 3.08. The number of hydrogen-bond acceptors (Lipinski definition) is 5. The second-order valence-electron chi connectivity index (χ2n) is 8.28. The van der Waals surface area contributed by atoms with Gasteiger partial charge in [-0.2, -0.15) is 0 Å². The van der Waals surface area contributed by atoms with Crippen LogP contribution in [-0.4, -0.2) is 49.3 Å². The number of halogens is 1. The Balaban J connectivity index is 0.00000385. The van der Waals surface area contributed by atoms with Gasteiger partial charge in [0.25, 0.3) is 5.91 Å². The van der Waals surface area contributed by atoms with Crippen LogP contribution in [0.4, 0.5) is 0 Å². The third-order valence-electron chi connectivity index (χ3n) is 5.34. The monoisotopic (exact) mass is 570 g/mol. The van der Waals surface area contributed by atoms with E-state index in [0.717, 1.165) is 30.8 Å². The zero-order valence-electron chi connectivity index (χ0n) is 19.5. The van der Waals surface area contributed by atoms with Gasteiger partial charge in [-0.05, 0) is 63.4 Å². The minimum absolute atomic E-state index is 0. The fourth-order valence-electron chi connectivity index (χ4n) is 3.50. The number of amides is 1. The van der Waals surface area contributed by atoms with Crippen molar-refractivity contribution in [1.29, 1.82) is 0 Å². The van der Waals surface area contributed by atoms with Crippen molar-refractivity contribution in [3.63, 3.8) is 0 Å². The highest BCUT2D eigenvalue weighted by molar-refractivity contribution is 14.0. The smallest absolute Gasteiger partial charge is 0.251 e. The molecule has 1 aromatic heterocycles. The number of hydrogen-bond donors (Lipinski definition) is 4. The van der Waals surface area contributed by atoms with Crippen LogP contribution in [0.2, 0.25) is 0 Å². The van der Waals surface area contributed by atoms with Gasteiger partial charge in [0.05, 0.1) is 19.2 Å². The van der Waals surface area contributed by atoms with E-state index in [4.69, 9.17) is 9.15 Å². The molecule has 4 N–H and O–H groups in total. The maximum atomic E-state index is 12.5. The van der Waals surface area contributed by atoms with Crippen molar-refractivity contribution in [2.24, 2.45) is 4.99 Å². The Labute approximate surface area is 212 Å². The first-order chi connectivity index (χ1) is 15.4. The lowest BCUT2D eigenvalue weighted by Crippen LogP contribution is -2.44. The zero-order valence-corrected chi connectivity index (χ0v) is 21.8. The van der Waals surface area contributed by atoms with E-state index in [0.29, 0.717) is 36.9 Å². The molecule has 0 radical (unpaired) electrons. The lowest BCUT2D eigenvalue weighted by atomic mass is 10.0. The highest BCUT2D eigenvalue weighted by atomic mass is 127. The van der Waals surface area contributed by atoms with Gasteiger partial charge in [0.2, 0.25) is 0 Å². The third kappa shape index (κ3) is 8.31. The Bertz CT molecular complexity index is 923. The number of ether oxygens (including phenoxy) is 1. The topological polar surface area (TPSA) is 108 Å². The molecular formula is C24H35IN4O4. The summed E-state index contributed by atoms with van der Waals surface area (Å²) in [5.41, 5.74) is 0.344. The molecular weight excluding hydrogens is 535 g/mol. The first-order valence-electron chi connectivity index (χ1n) is 11.2. The number of carbonyl (C=O) groups is 1. The number of guanidine groups is 1. The molecule has 1 aromatic carbocycles. The molecule has 33 heavy (non-hydrogen) atoms. The van der Waals surface area contributed by atoms with Crippen molar-refractivity contribution in [3.05, 3.63) is 59.0 Å². The number of aliphatic imine (C=N–C) groups is 1. The summed E-state index contributed by atoms with van der Waals surface area (Å²) >= 11 is 0. The Morgan fingerprint density at radius 1 is 1.24 bits per heavy atom. The van der Waals surface area contributed by atoms with Gasteiger partial charge in [0.1, 0.15) is 17.1 Å². The van der Waals surface area contributed by atoms with Gasteiger partial charge < -0.3 is 30.2 Å². The molecule has 0 spiro atoms.